The number of carbonyl (C=O) groups is 6. The van der Waals surface area contributed by atoms with Gasteiger partial charge in [0.05, 0.1) is 81.1 Å². The number of likely N-dealkylation sites (N-methyl/N-ethyl adjacent to an activating group) is 2. The molecule has 7 aromatic rings. The van der Waals surface area contributed by atoms with Crippen LogP contribution in [0, 0.1) is 0 Å². The number of Topliss-reactive ketones (excluding diaryl/α,β-unsaturated/α-hetero) is 1. The largest absolute Gasteiger partial charge is 0.496 e. The van der Waals surface area contributed by atoms with E-state index >= 15 is 4.79 Å². The molecule has 1 unspecified atom stereocenters. The van der Waals surface area contributed by atoms with Crippen molar-refractivity contribution in [3.63, 3.8) is 0 Å². The number of carbonyl (C=O) groups excluding carboxylic acids is 6. The van der Waals surface area contributed by atoms with Crippen LogP contribution < -0.4 is 50.8 Å². The third-order valence-corrected chi connectivity index (χ3v) is 14.8. The molecular formula is C56H54Br2N10O8. The van der Waals surface area contributed by atoms with Crippen molar-refractivity contribution in [2.45, 2.75) is 57.1 Å². The Hall–Kier alpha value is -7.78. The molecule has 5 amide bonds. The van der Waals surface area contributed by atoms with Gasteiger partial charge in [-0.3, -0.25) is 28.8 Å². The summed E-state index contributed by atoms with van der Waals surface area (Å²) < 4.78 is 13.4. The Morgan fingerprint density at radius 1 is 0.658 bits per heavy atom. The van der Waals surface area contributed by atoms with Crippen LogP contribution in [0.2, 0.25) is 0 Å². The number of amides is 5. The number of hydrogen-bond acceptors (Lipinski definition) is 13. The molecule has 1 aromatic heterocycles. The predicted molar refractivity (Wildman–Crippen MR) is 298 cm³/mol. The standard InChI is InChI=1S/C56H54Br2N10O8/c1-30(59-3)52(70)64-43-29-68(46-14-10-9-13-45(46)67(55(43)73)28-39-37-20-18-35(58)24-33(37)16-22-48(39)76-6)54(72)42-26-61-41(25-62-42)51(69)49-50(65-53(71)31(2)60-4)56(74)66(44-12-8-7-11-40(44)63-49)27-38-36-19-17-34(57)23-32(36)15-21-47(38)75-5/h7-26,30-31,43,49-50,59-60,63H,27-29H2,1-6H3,(H,64,70)(H,65,71)/t30-,31-,43-,49?,50-/m0/s1. The van der Waals surface area contributed by atoms with Gasteiger partial charge in [0.25, 0.3) is 17.7 Å². The maximum atomic E-state index is 15.2. The van der Waals surface area contributed by atoms with Gasteiger partial charge in [0.1, 0.15) is 41.0 Å². The highest BCUT2D eigenvalue weighted by Gasteiger charge is 2.44. The van der Waals surface area contributed by atoms with Gasteiger partial charge in [-0.05, 0) is 110 Å². The molecule has 6 aromatic carbocycles. The van der Waals surface area contributed by atoms with Crippen LogP contribution >= 0.6 is 31.9 Å². The number of fused-ring (bicyclic) bond motifs is 4. The maximum Gasteiger partial charge on any atom is 0.278 e. The van der Waals surface area contributed by atoms with Gasteiger partial charge >= 0.3 is 0 Å². The number of ether oxygens (including phenoxy) is 2. The Bertz CT molecular complexity index is 3440. The molecule has 5 atom stereocenters. The average Bonchev–Trinajstić information content (AvgIpc) is 3.64. The molecular weight excluding hydrogens is 1100 g/mol. The van der Waals surface area contributed by atoms with Crippen LogP contribution in [0.15, 0.2) is 131 Å². The van der Waals surface area contributed by atoms with E-state index in [0.717, 1.165) is 42.9 Å². The fourth-order valence-electron chi connectivity index (χ4n) is 9.50. The van der Waals surface area contributed by atoms with Gasteiger partial charge in [0, 0.05) is 20.1 Å². The Morgan fingerprint density at radius 3 is 1.72 bits per heavy atom. The number of methoxy groups -OCH3 is 2. The molecule has 18 nitrogen and oxygen atoms in total. The molecule has 76 heavy (non-hydrogen) atoms. The molecule has 0 saturated heterocycles. The van der Waals surface area contributed by atoms with Crippen LogP contribution in [0.25, 0.3) is 21.5 Å². The molecule has 3 heterocycles. The zero-order chi connectivity index (χ0) is 53.9. The third kappa shape index (κ3) is 10.4. The molecule has 0 aliphatic carbocycles. The number of nitrogens with one attached hydrogen (secondary N) is 5. The van der Waals surface area contributed by atoms with Gasteiger partial charge in [-0.1, -0.05) is 80.4 Å². The Morgan fingerprint density at radius 2 is 1.17 bits per heavy atom. The fraction of sp³-hybridized carbons (Fsp3) is 0.250. The first-order valence-corrected chi connectivity index (χ1v) is 25.9. The van der Waals surface area contributed by atoms with Gasteiger partial charge < -0.3 is 50.8 Å². The van der Waals surface area contributed by atoms with E-state index in [-0.39, 0.29) is 31.0 Å². The molecule has 0 bridgehead atoms. The van der Waals surface area contributed by atoms with Crippen molar-refractivity contribution in [1.29, 1.82) is 0 Å². The molecule has 0 spiro atoms. The third-order valence-electron chi connectivity index (χ3n) is 13.9. The molecule has 9 rings (SSSR count). The second kappa shape index (κ2) is 22.6. The minimum atomic E-state index is -1.48. The lowest BCUT2D eigenvalue weighted by Gasteiger charge is -2.29. The minimum Gasteiger partial charge on any atom is -0.496 e. The number of anilines is 4. The summed E-state index contributed by atoms with van der Waals surface area (Å²) in [5, 5.41) is 18.2. The fourth-order valence-corrected chi connectivity index (χ4v) is 10.3. The van der Waals surface area contributed by atoms with Gasteiger partial charge in [-0.25, -0.2) is 9.97 Å². The Labute approximate surface area is 455 Å². The zero-order valence-corrected chi connectivity index (χ0v) is 45.5. The van der Waals surface area contributed by atoms with E-state index in [1.807, 2.05) is 60.7 Å². The molecule has 5 N–H and O–H groups in total. The first-order chi connectivity index (χ1) is 36.6. The van der Waals surface area contributed by atoms with Crippen LogP contribution in [0.1, 0.15) is 46.0 Å². The van der Waals surface area contributed by atoms with E-state index < -0.39 is 65.5 Å². The minimum absolute atomic E-state index is 0.00268. The molecule has 2 aliphatic rings. The van der Waals surface area contributed by atoms with E-state index in [1.165, 1.54) is 14.7 Å². The monoisotopic (exact) mass is 1150 g/mol. The van der Waals surface area contributed by atoms with Crippen molar-refractivity contribution in [1.82, 2.24) is 31.2 Å². The summed E-state index contributed by atoms with van der Waals surface area (Å²) in [6.07, 6.45) is 2.30. The highest BCUT2D eigenvalue weighted by Crippen LogP contribution is 2.40. The molecule has 0 radical (unpaired) electrons. The van der Waals surface area contributed by atoms with E-state index in [2.05, 4.69) is 68.4 Å². The number of halogens is 2. The van der Waals surface area contributed by atoms with Crippen molar-refractivity contribution >= 4 is 111 Å². The molecule has 0 saturated carbocycles. The summed E-state index contributed by atoms with van der Waals surface area (Å²) in [4.78, 5) is 101. The van der Waals surface area contributed by atoms with E-state index in [1.54, 1.807) is 90.7 Å². The summed E-state index contributed by atoms with van der Waals surface area (Å²) in [5.41, 5.74) is 2.59. The van der Waals surface area contributed by atoms with Crippen molar-refractivity contribution in [3.05, 3.63) is 153 Å². The van der Waals surface area contributed by atoms with Gasteiger partial charge in [-0.15, -0.1) is 0 Å². The van der Waals surface area contributed by atoms with E-state index in [4.69, 9.17) is 9.47 Å². The van der Waals surface area contributed by atoms with Crippen molar-refractivity contribution in [2.24, 2.45) is 0 Å². The lowest BCUT2D eigenvalue weighted by atomic mass is 9.99. The zero-order valence-electron chi connectivity index (χ0n) is 42.3. The maximum absolute atomic E-state index is 15.2. The topological polar surface area (TPSA) is 217 Å². The molecule has 20 heteroatoms. The number of hydrogen-bond donors (Lipinski definition) is 5. The second-order valence-electron chi connectivity index (χ2n) is 18.3. The SMILES string of the molecule is CN[C@@H](C)C(=O)N[C@H]1CN(C(=O)c2cnc(C(=O)C3Nc4ccccc4N(Cc4c(OC)ccc5cc(Br)ccc45)C(=O)[C@H]3NC(=O)[C@H](C)NC)cn2)c2ccccc2N(Cc2c(OC)ccc3cc(Br)ccc23)C1=O. The number of rotatable bonds is 15. The summed E-state index contributed by atoms with van der Waals surface area (Å²) in [7, 11) is 6.33. The second-order valence-corrected chi connectivity index (χ2v) is 20.2. The first-order valence-electron chi connectivity index (χ1n) is 24.4. The van der Waals surface area contributed by atoms with Gasteiger partial charge in [0.2, 0.25) is 17.6 Å². The van der Waals surface area contributed by atoms with Crippen LogP contribution in [0.3, 0.4) is 0 Å². The number of para-hydroxylation sites is 4. The average molecular weight is 1150 g/mol. The lowest BCUT2D eigenvalue weighted by molar-refractivity contribution is -0.128. The number of aromatic nitrogens is 2. The smallest absolute Gasteiger partial charge is 0.278 e. The Balaban J connectivity index is 1.07. The number of nitrogens with zero attached hydrogens (tertiary/aromatic N) is 5. The van der Waals surface area contributed by atoms with Crippen LogP contribution in [0.4, 0.5) is 22.7 Å². The highest BCUT2D eigenvalue weighted by atomic mass is 79.9. The molecule has 0 fully saturated rings. The number of benzene rings is 6. The molecule has 2 aliphatic heterocycles. The predicted octanol–water partition coefficient (Wildman–Crippen LogP) is 6.91. The highest BCUT2D eigenvalue weighted by molar-refractivity contribution is 9.10. The normalized spacial score (nSPS) is 17.2. The van der Waals surface area contributed by atoms with Crippen LogP contribution in [-0.4, -0.2) is 110 Å². The first kappa shape index (κ1) is 53.1. The number of ketones is 1. The van der Waals surface area contributed by atoms with Gasteiger partial charge in [0.15, 0.2) is 0 Å². The van der Waals surface area contributed by atoms with Crippen molar-refractivity contribution < 1.29 is 38.2 Å². The van der Waals surface area contributed by atoms with E-state index in [0.29, 0.717) is 45.4 Å². The Kier molecular flexibility index (Phi) is 15.8. The van der Waals surface area contributed by atoms with Gasteiger partial charge in [-0.2, -0.15) is 0 Å². The summed E-state index contributed by atoms with van der Waals surface area (Å²) in [6.45, 7) is 3.00. The summed E-state index contributed by atoms with van der Waals surface area (Å²) in [5.74, 6) is -2.41. The van der Waals surface area contributed by atoms with Crippen molar-refractivity contribution in [2.75, 3.05) is 54.9 Å². The summed E-state index contributed by atoms with van der Waals surface area (Å²) >= 11 is 7.11. The quantitative estimate of drug-likeness (QED) is 0.0661. The lowest BCUT2D eigenvalue weighted by Crippen LogP contribution is -2.60. The van der Waals surface area contributed by atoms with Crippen LogP contribution in [-0.2, 0) is 32.3 Å². The van der Waals surface area contributed by atoms with Crippen LogP contribution in [0.5, 0.6) is 11.5 Å². The van der Waals surface area contributed by atoms with Crippen molar-refractivity contribution in [3.8, 4) is 11.5 Å². The van der Waals surface area contributed by atoms with E-state index in [9.17, 15) is 24.0 Å². The molecule has 390 valence electrons. The summed E-state index contributed by atoms with van der Waals surface area (Å²) in [6, 6.07) is 27.5.